The Morgan fingerprint density at radius 1 is 1.11 bits per heavy atom. The van der Waals surface area contributed by atoms with Crippen LogP contribution in [-0.4, -0.2) is 11.9 Å². The van der Waals surface area contributed by atoms with Gasteiger partial charge in [-0.15, -0.1) is 0 Å². The summed E-state index contributed by atoms with van der Waals surface area (Å²) < 4.78 is 37.0. The number of hydrogen-bond acceptors (Lipinski definition) is 1. The summed E-state index contributed by atoms with van der Waals surface area (Å²) in [6, 6.07) is 0. The third-order valence-electron chi connectivity index (χ3n) is 2.08. The first kappa shape index (κ1) is 16.4. The van der Waals surface area contributed by atoms with Crippen molar-refractivity contribution < 1.29 is 13.2 Å². The summed E-state index contributed by atoms with van der Waals surface area (Å²) >= 11 is 0. The Hall–Kier alpha value is -1.58. The van der Waals surface area contributed by atoms with Crippen LogP contribution in [-0.2, 0) is 0 Å². The number of hydrogen-bond donors (Lipinski definition) is 0. The molecule has 0 aliphatic heterocycles. The zero-order chi connectivity index (χ0) is 14.3. The molecule has 1 nitrogen and oxygen atoms in total. The zero-order valence-electron chi connectivity index (χ0n) is 11.1. The van der Waals surface area contributed by atoms with Crippen LogP contribution in [0.15, 0.2) is 52.7 Å². The van der Waals surface area contributed by atoms with Crippen molar-refractivity contribution >= 4 is 5.71 Å². The summed E-state index contributed by atoms with van der Waals surface area (Å²) in [6.45, 7) is 10.0. The molecule has 0 aromatic rings. The maximum Gasteiger partial charge on any atom is 0.412 e. The molecule has 0 unspecified atom stereocenters. The number of rotatable bonds is 4. The van der Waals surface area contributed by atoms with Crippen LogP contribution >= 0.6 is 0 Å². The minimum atomic E-state index is -4.31. The first-order valence-electron chi connectivity index (χ1n) is 5.48. The van der Waals surface area contributed by atoms with Crippen molar-refractivity contribution in [1.29, 1.82) is 0 Å². The average molecular weight is 257 g/mol. The predicted molar refractivity (Wildman–Crippen MR) is 70.6 cm³/mol. The van der Waals surface area contributed by atoms with Crippen LogP contribution in [0.2, 0.25) is 0 Å². The molecular formula is C14H18F3N. The molecule has 0 spiro atoms. The van der Waals surface area contributed by atoms with E-state index in [0.717, 1.165) is 13.0 Å². The van der Waals surface area contributed by atoms with E-state index in [1.807, 2.05) is 13.0 Å². The summed E-state index contributed by atoms with van der Waals surface area (Å²) in [6.07, 6.45) is 1.62. The summed E-state index contributed by atoms with van der Waals surface area (Å²) in [5, 5.41) is 0. The van der Waals surface area contributed by atoms with Gasteiger partial charge in [-0.2, -0.15) is 13.2 Å². The molecule has 0 radical (unpaired) electrons. The average Bonchev–Trinajstić information content (AvgIpc) is 2.22. The van der Waals surface area contributed by atoms with E-state index < -0.39 is 11.7 Å². The topological polar surface area (TPSA) is 12.4 Å². The third kappa shape index (κ3) is 6.23. The lowest BCUT2D eigenvalue weighted by Crippen LogP contribution is -2.08. The molecule has 0 atom stereocenters. The SMILES string of the molecule is C=C(C)C(=C\C=C(/C)C(F)(F)F)/N=C(C)/C=C/C. The molecule has 0 fully saturated rings. The fourth-order valence-corrected chi connectivity index (χ4v) is 1.04. The van der Waals surface area contributed by atoms with Crippen molar-refractivity contribution in [2.24, 2.45) is 4.99 Å². The molecule has 18 heavy (non-hydrogen) atoms. The van der Waals surface area contributed by atoms with Gasteiger partial charge >= 0.3 is 6.18 Å². The van der Waals surface area contributed by atoms with Gasteiger partial charge in [-0.25, -0.2) is 0 Å². The van der Waals surface area contributed by atoms with Crippen molar-refractivity contribution in [3.8, 4) is 0 Å². The standard InChI is InChI=1S/C14H18F3N/c1-6-7-12(5)18-13(10(2)3)9-8-11(4)14(15,16)17/h6-9H,2H2,1,3-5H3/b7-6+,11-8+,13-9+,18-12+. The second-order valence-electron chi connectivity index (χ2n) is 3.93. The van der Waals surface area contributed by atoms with E-state index >= 15 is 0 Å². The normalized spacial score (nSPS) is 15.4. The maximum atomic E-state index is 12.3. The number of allylic oxidation sites excluding steroid dienone is 6. The molecule has 0 amide bonds. The van der Waals surface area contributed by atoms with E-state index in [1.54, 1.807) is 19.9 Å². The van der Waals surface area contributed by atoms with Crippen molar-refractivity contribution in [2.45, 2.75) is 33.9 Å². The molecule has 0 saturated carbocycles. The van der Waals surface area contributed by atoms with Crippen molar-refractivity contribution in [3.63, 3.8) is 0 Å². The highest BCUT2D eigenvalue weighted by Gasteiger charge is 2.29. The van der Waals surface area contributed by atoms with Gasteiger partial charge < -0.3 is 0 Å². The molecule has 100 valence electrons. The van der Waals surface area contributed by atoms with Gasteiger partial charge in [-0.1, -0.05) is 18.7 Å². The highest BCUT2D eigenvalue weighted by Crippen LogP contribution is 2.25. The van der Waals surface area contributed by atoms with E-state index in [9.17, 15) is 13.2 Å². The largest absolute Gasteiger partial charge is 0.412 e. The lowest BCUT2D eigenvalue weighted by molar-refractivity contribution is -0.0912. The Morgan fingerprint density at radius 3 is 2.06 bits per heavy atom. The Kier molecular flexibility index (Phi) is 6.37. The van der Waals surface area contributed by atoms with Crippen LogP contribution in [0.1, 0.15) is 27.7 Å². The maximum absolute atomic E-state index is 12.3. The molecular weight excluding hydrogens is 239 g/mol. The smallest absolute Gasteiger partial charge is 0.254 e. The van der Waals surface area contributed by atoms with Gasteiger partial charge in [0.1, 0.15) is 0 Å². The van der Waals surface area contributed by atoms with Gasteiger partial charge in [-0.3, -0.25) is 4.99 Å². The van der Waals surface area contributed by atoms with Gasteiger partial charge in [0.05, 0.1) is 5.70 Å². The lowest BCUT2D eigenvalue weighted by Gasteiger charge is -2.05. The van der Waals surface area contributed by atoms with Crippen LogP contribution in [0.5, 0.6) is 0 Å². The highest BCUT2D eigenvalue weighted by molar-refractivity contribution is 5.93. The Balaban J connectivity index is 5.28. The number of nitrogens with zero attached hydrogens (tertiary/aromatic N) is 1. The summed E-state index contributed by atoms with van der Waals surface area (Å²) in [4.78, 5) is 4.20. The molecule has 0 aliphatic rings. The quantitative estimate of drug-likeness (QED) is 0.497. The highest BCUT2D eigenvalue weighted by atomic mass is 19.4. The van der Waals surface area contributed by atoms with Crippen molar-refractivity contribution in [3.05, 3.63) is 47.7 Å². The summed E-state index contributed by atoms with van der Waals surface area (Å²) in [5.74, 6) is 0. The van der Waals surface area contributed by atoms with Crippen LogP contribution < -0.4 is 0 Å². The van der Waals surface area contributed by atoms with Gasteiger partial charge in [0.2, 0.25) is 0 Å². The fraction of sp³-hybridized carbons (Fsp3) is 0.357. The lowest BCUT2D eigenvalue weighted by atomic mass is 10.2. The third-order valence-corrected chi connectivity index (χ3v) is 2.08. The van der Waals surface area contributed by atoms with E-state index in [4.69, 9.17) is 0 Å². The number of aliphatic imine (C=N–C) groups is 1. The van der Waals surface area contributed by atoms with E-state index in [1.165, 1.54) is 6.08 Å². The van der Waals surface area contributed by atoms with Crippen LogP contribution in [0.3, 0.4) is 0 Å². The van der Waals surface area contributed by atoms with Crippen LogP contribution in [0.4, 0.5) is 13.2 Å². The van der Waals surface area contributed by atoms with E-state index in [0.29, 0.717) is 17.0 Å². The zero-order valence-corrected chi connectivity index (χ0v) is 11.1. The molecule has 0 heterocycles. The molecule has 0 N–H and O–H groups in total. The molecule has 0 aliphatic carbocycles. The Labute approximate surface area is 106 Å². The molecule has 0 rings (SSSR count). The molecule has 0 aromatic carbocycles. The van der Waals surface area contributed by atoms with Gasteiger partial charge in [0.25, 0.3) is 0 Å². The first-order valence-corrected chi connectivity index (χ1v) is 5.48. The second-order valence-corrected chi connectivity index (χ2v) is 3.93. The second kappa shape index (κ2) is 6.99. The number of alkyl halides is 3. The summed E-state index contributed by atoms with van der Waals surface area (Å²) in [7, 11) is 0. The fourth-order valence-electron chi connectivity index (χ4n) is 1.04. The minimum absolute atomic E-state index is 0.439. The van der Waals surface area contributed by atoms with Gasteiger partial charge in [-0.05, 0) is 45.4 Å². The molecule has 0 saturated heterocycles. The van der Waals surface area contributed by atoms with E-state index in [-0.39, 0.29) is 0 Å². The van der Waals surface area contributed by atoms with Crippen molar-refractivity contribution in [2.75, 3.05) is 0 Å². The predicted octanol–water partition coefficient (Wildman–Crippen LogP) is 4.99. The van der Waals surface area contributed by atoms with Crippen LogP contribution in [0, 0.1) is 0 Å². The molecule has 4 heteroatoms. The van der Waals surface area contributed by atoms with E-state index in [2.05, 4.69) is 11.6 Å². The first-order chi connectivity index (χ1) is 8.18. The Bertz CT molecular complexity index is 421. The number of halogens is 3. The monoisotopic (exact) mass is 257 g/mol. The van der Waals surface area contributed by atoms with Gasteiger partial charge in [0.15, 0.2) is 0 Å². The summed E-state index contributed by atoms with van der Waals surface area (Å²) in [5.41, 5.74) is 1.10. The Morgan fingerprint density at radius 2 is 1.67 bits per heavy atom. The molecule has 0 aromatic heterocycles. The van der Waals surface area contributed by atoms with Gasteiger partial charge in [0, 0.05) is 11.3 Å². The van der Waals surface area contributed by atoms with Crippen molar-refractivity contribution in [1.82, 2.24) is 0 Å². The molecule has 0 bridgehead atoms. The minimum Gasteiger partial charge on any atom is -0.254 e. The van der Waals surface area contributed by atoms with Crippen LogP contribution in [0.25, 0.3) is 0 Å².